The van der Waals surface area contributed by atoms with Crippen LogP contribution in [0.1, 0.15) is 45.4 Å². The summed E-state index contributed by atoms with van der Waals surface area (Å²) in [5.74, 6) is 0.823. The predicted molar refractivity (Wildman–Crippen MR) is 67.1 cm³/mol. The van der Waals surface area contributed by atoms with E-state index in [1.165, 1.54) is 0 Å². The fourth-order valence-electron chi connectivity index (χ4n) is 2.65. The number of nitrogens with one attached hydrogen (secondary N) is 1. The number of rotatable bonds is 6. The summed E-state index contributed by atoms with van der Waals surface area (Å²) in [6.45, 7) is 1.88. The van der Waals surface area contributed by atoms with Gasteiger partial charge in [0.15, 0.2) is 0 Å². The zero-order valence-electron chi connectivity index (χ0n) is 10.5. The Hall–Kier alpha value is -0.130. The molecule has 0 unspecified atom stereocenters. The molecule has 0 aromatic carbocycles. The smallest absolute Gasteiger partial charge is 0.211 e. The molecule has 2 aliphatic carbocycles. The highest BCUT2D eigenvalue weighted by atomic mass is 32.2. The van der Waals surface area contributed by atoms with Crippen molar-refractivity contribution < 1.29 is 13.5 Å². The van der Waals surface area contributed by atoms with Gasteiger partial charge in [0.25, 0.3) is 0 Å². The predicted octanol–water partition coefficient (Wildman–Crippen LogP) is 1.26. The molecule has 17 heavy (non-hydrogen) atoms. The van der Waals surface area contributed by atoms with E-state index in [-0.39, 0.29) is 18.2 Å². The zero-order chi connectivity index (χ0) is 12.5. The number of sulfonamides is 1. The van der Waals surface area contributed by atoms with Crippen molar-refractivity contribution in [2.24, 2.45) is 11.8 Å². The van der Waals surface area contributed by atoms with E-state index in [1.54, 1.807) is 6.92 Å². The minimum absolute atomic E-state index is 0.159. The van der Waals surface area contributed by atoms with Gasteiger partial charge in [-0.3, -0.25) is 0 Å². The summed E-state index contributed by atoms with van der Waals surface area (Å²) in [6, 6.07) is 0. The lowest BCUT2D eigenvalue weighted by Crippen LogP contribution is -2.43. The van der Waals surface area contributed by atoms with Crippen molar-refractivity contribution in [3.05, 3.63) is 0 Å². The maximum Gasteiger partial charge on any atom is 0.211 e. The highest BCUT2D eigenvalue weighted by Crippen LogP contribution is 2.39. The van der Waals surface area contributed by atoms with Crippen LogP contribution in [0.4, 0.5) is 0 Å². The molecule has 5 heteroatoms. The van der Waals surface area contributed by atoms with E-state index in [4.69, 9.17) is 0 Å². The van der Waals surface area contributed by atoms with Gasteiger partial charge in [0.1, 0.15) is 0 Å². The first-order chi connectivity index (χ1) is 7.89. The summed E-state index contributed by atoms with van der Waals surface area (Å²) >= 11 is 0. The first kappa shape index (κ1) is 13.3. The third-order valence-electron chi connectivity index (χ3n) is 4.04. The molecule has 100 valence electrons. The van der Waals surface area contributed by atoms with Crippen molar-refractivity contribution in [2.75, 3.05) is 12.3 Å². The Kier molecular flexibility index (Phi) is 3.80. The fourth-order valence-corrected chi connectivity index (χ4v) is 4.24. The molecule has 0 amide bonds. The molecule has 0 radical (unpaired) electrons. The summed E-state index contributed by atoms with van der Waals surface area (Å²) in [7, 11) is -3.21. The van der Waals surface area contributed by atoms with Gasteiger partial charge in [-0.1, -0.05) is 12.8 Å². The molecule has 2 fully saturated rings. The van der Waals surface area contributed by atoms with Gasteiger partial charge < -0.3 is 5.11 Å². The number of hydrogen-bond donors (Lipinski definition) is 2. The van der Waals surface area contributed by atoms with Crippen LogP contribution in [0.15, 0.2) is 0 Å². The molecule has 2 rings (SSSR count). The summed E-state index contributed by atoms with van der Waals surface area (Å²) in [6.07, 6.45) is 6.38. The number of aliphatic hydroxyl groups is 1. The standard InChI is InChI=1S/C12H23NO3S/c1-12(14,11-6-7-11)9-13-17(15,16)8-10-4-2-3-5-10/h10-11,13-14H,2-9H2,1H3/t12-/m0/s1. The van der Waals surface area contributed by atoms with Gasteiger partial charge in [-0.25, -0.2) is 13.1 Å². The maximum atomic E-state index is 11.9. The van der Waals surface area contributed by atoms with Crippen molar-refractivity contribution >= 4 is 10.0 Å². The van der Waals surface area contributed by atoms with Crippen LogP contribution in [0, 0.1) is 11.8 Å². The Morgan fingerprint density at radius 1 is 1.24 bits per heavy atom. The minimum Gasteiger partial charge on any atom is -0.389 e. The van der Waals surface area contributed by atoms with Gasteiger partial charge in [-0.2, -0.15) is 0 Å². The Bertz CT molecular complexity index is 354. The summed E-state index contributed by atoms with van der Waals surface area (Å²) in [5, 5.41) is 10.1. The molecule has 0 bridgehead atoms. The molecule has 0 heterocycles. The molecular weight excluding hydrogens is 238 g/mol. The van der Waals surface area contributed by atoms with E-state index in [2.05, 4.69) is 4.72 Å². The normalized spacial score (nSPS) is 26.0. The molecule has 0 aliphatic heterocycles. The fraction of sp³-hybridized carbons (Fsp3) is 1.00. The second-order valence-electron chi connectivity index (χ2n) is 5.88. The van der Waals surface area contributed by atoms with Crippen molar-refractivity contribution in [2.45, 2.75) is 51.0 Å². The van der Waals surface area contributed by atoms with Gasteiger partial charge in [0.2, 0.25) is 10.0 Å². The van der Waals surface area contributed by atoms with Crippen LogP contribution < -0.4 is 4.72 Å². The van der Waals surface area contributed by atoms with Crippen molar-refractivity contribution in [1.29, 1.82) is 0 Å². The topological polar surface area (TPSA) is 66.4 Å². The van der Waals surface area contributed by atoms with Crippen molar-refractivity contribution in [3.8, 4) is 0 Å². The second kappa shape index (κ2) is 4.86. The van der Waals surface area contributed by atoms with Gasteiger partial charge in [0, 0.05) is 6.54 Å². The van der Waals surface area contributed by atoms with Crippen LogP contribution in [0.2, 0.25) is 0 Å². The Balaban J connectivity index is 1.80. The van der Waals surface area contributed by atoms with Crippen molar-refractivity contribution in [3.63, 3.8) is 0 Å². The van der Waals surface area contributed by atoms with E-state index in [1.807, 2.05) is 0 Å². The highest BCUT2D eigenvalue weighted by Gasteiger charge is 2.40. The molecule has 2 saturated carbocycles. The molecule has 2 aliphatic rings. The van der Waals surface area contributed by atoms with Crippen molar-refractivity contribution in [1.82, 2.24) is 4.72 Å². The molecular formula is C12H23NO3S. The van der Waals surface area contributed by atoms with E-state index in [0.717, 1.165) is 38.5 Å². The first-order valence-electron chi connectivity index (χ1n) is 6.59. The first-order valence-corrected chi connectivity index (χ1v) is 8.24. The molecule has 0 spiro atoms. The minimum atomic E-state index is -3.21. The van der Waals surface area contributed by atoms with E-state index in [9.17, 15) is 13.5 Å². The Morgan fingerprint density at radius 3 is 2.35 bits per heavy atom. The summed E-state index contributed by atoms with van der Waals surface area (Å²) in [4.78, 5) is 0. The lowest BCUT2D eigenvalue weighted by Gasteiger charge is -2.23. The highest BCUT2D eigenvalue weighted by molar-refractivity contribution is 7.89. The number of hydrogen-bond acceptors (Lipinski definition) is 3. The Labute approximate surface area is 104 Å². The van der Waals surface area contributed by atoms with Crippen LogP contribution in [0.3, 0.4) is 0 Å². The van der Waals surface area contributed by atoms with Gasteiger partial charge in [-0.15, -0.1) is 0 Å². The average molecular weight is 261 g/mol. The monoisotopic (exact) mass is 261 g/mol. The summed E-state index contributed by atoms with van der Waals surface area (Å²) in [5.41, 5.74) is -0.872. The Morgan fingerprint density at radius 2 is 1.82 bits per heavy atom. The van der Waals surface area contributed by atoms with E-state index >= 15 is 0 Å². The van der Waals surface area contributed by atoms with E-state index < -0.39 is 15.6 Å². The van der Waals surface area contributed by atoms with Crippen LogP contribution in [0.5, 0.6) is 0 Å². The van der Waals surface area contributed by atoms with Gasteiger partial charge in [0.05, 0.1) is 11.4 Å². The van der Waals surface area contributed by atoms with Crippen LogP contribution in [0.25, 0.3) is 0 Å². The maximum absolute atomic E-state index is 11.9. The summed E-state index contributed by atoms with van der Waals surface area (Å²) < 4.78 is 26.3. The second-order valence-corrected chi connectivity index (χ2v) is 7.74. The zero-order valence-corrected chi connectivity index (χ0v) is 11.3. The van der Waals surface area contributed by atoms with E-state index in [0.29, 0.717) is 5.92 Å². The largest absolute Gasteiger partial charge is 0.389 e. The quantitative estimate of drug-likeness (QED) is 0.756. The van der Waals surface area contributed by atoms with Crippen LogP contribution in [-0.2, 0) is 10.0 Å². The molecule has 0 aromatic heterocycles. The van der Waals surface area contributed by atoms with Crippen LogP contribution >= 0.6 is 0 Å². The van der Waals surface area contributed by atoms with Gasteiger partial charge in [-0.05, 0) is 44.4 Å². The lowest BCUT2D eigenvalue weighted by molar-refractivity contribution is 0.0422. The van der Waals surface area contributed by atoms with Crippen LogP contribution in [-0.4, -0.2) is 31.4 Å². The third-order valence-corrected chi connectivity index (χ3v) is 5.53. The molecule has 4 nitrogen and oxygen atoms in total. The average Bonchev–Trinajstić information content (AvgIpc) is 2.98. The third kappa shape index (κ3) is 3.93. The molecule has 1 atom stereocenters. The SMILES string of the molecule is C[C@](O)(CNS(=O)(=O)CC1CCCC1)C1CC1. The molecule has 0 saturated heterocycles. The lowest BCUT2D eigenvalue weighted by atomic mass is 10.0. The molecule has 2 N–H and O–H groups in total. The van der Waals surface area contributed by atoms with Gasteiger partial charge >= 0.3 is 0 Å². The molecule has 0 aromatic rings.